The average molecular weight is 388 g/mol. The summed E-state index contributed by atoms with van der Waals surface area (Å²) in [4.78, 5) is 21.4. The third-order valence-electron chi connectivity index (χ3n) is 4.41. The standard InChI is InChI=1S/C20H22ClN3O3/c1-26-17-8-6-16(7-9-17)14-22-27-15-20(25)24-12-10-23(11-13-24)19-5-3-2-4-18(19)21/h2-9,14H,10-13,15H2,1H3/b22-14-. The molecule has 27 heavy (non-hydrogen) atoms. The van der Waals surface area contributed by atoms with Crippen molar-refractivity contribution < 1.29 is 14.4 Å². The van der Waals surface area contributed by atoms with Crippen LogP contribution < -0.4 is 9.64 Å². The number of ether oxygens (including phenoxy) is 1. The third kappa shape index (κ3) is 5.14. The summed E-state index contributed by atoms with van der Waals surface area (Å²) in [5, 5.41) is 4.59. The van der Waals surface area contributed by atoms with E-state index in [1.165, 1.54) is 0 Å². The Morgan fingerprint density at radius 1 is 1.11 bits per heavy atom. The molecular formula is C20H22ClN3O3. The highest BCUT2D eigenvalue weighted by Gasteiger charge is 2.22. The largest absolute Gasteiger partial charge is 0.497 e. The molecule has 2 aromatic carbocycles. The van der Waals surface area contributed by atoms with Crippen molar-refractivity contribution in [3.8, 4) is 5.75 Å². The van der Waals surface area contributed by atoms with E-state index >= 15 is 0 Å². The molecule has 1 aliphatic heterocycles. The van der Waals surface area contributed by atoms with Gasteiger partial charge in [0.05, 0.1) is 24.0 Å². The van der Waals surface area contributed by atoms with Crippen LogP contribution in [0.1, 0.15) is 5.56 Å². The zero-order valence-corrected chi connectivity index (χ0v) is 15.9. The van der Waals surface area contributed by atoms with E-state index in [2.05, 4.69) is 10.1 Å². The molecule has 7 heteroatoms. The Hall–Kier alpha value is -2.73. The maximum absolute atomic E-state index is 12.3. The van der Waals surface area contributed by atoms with Crippen molar-refractivity contribution in [2.45, 2.75) is 0 Å². The lowest BCUT2D eigenvalue weighted by atomic mass is 10.2. The van der Waals surface area contributed by atoms with Crippen LogP contribution in [0.5, 0.6) is 5.75 Å². The van der Waals surface area contributed by atoms with Gasteiger partial charge in [-0.25, -0.2) is 0 Å². The van der Waals surface area contributed by atoms with E-state index < -0.39 is 0 Å². The molecule has 0 bridgehead atoms. The first-order valence-electron chi connectivity index (χ1n) is 8.74. The lowest BCUT2D eigenvalue weighted by molar-refractivity contribution is -0.136. The molecule has 0 unspecified atom stereocenters. The van der Waals surface area contributed by atoms with Crippen molar-refractivity contribution in [3.05, 3.63) is 59.1 Å². The summed E-state index contributed by atoms with van der Waals surface area (Å²) in [6.07, 6.45) is 1.57. The fourth-order valence-corrected chi connectivity index (χ4v) is 3.13. The van der Waals surface area contributed by atoms with Crippen LogP contribution in [0.4, 0.5) is 5.69 Å². The summed E-state index contributed by atoms with van der Waals surface area (Å²) in [5.74, 6) is 0.708. The molecule has 0 N–H and O–H groups in total. The number of carbonyl (C=O) groups excluding carboxylic acids is 1. The van der Waals surface area contributed by atoms with Gasteiger partial charge >= 0.3 is 0 Å². The van der Waals surface area contributed by atoms with Crippen molar-refractivity contribution in [1.29, 1.82) is 0 Å². The van der Waals surface area contributed by atoms with Gasteiger partial charge in [0.1, 0.15) is 5.75 Å². The lowest BCUT2D eigenvalue weighted by Crippen LogP contribution is -2.49. The number of hydrogen-bond acceptors (Lipinski definition) is 5. The van der Waals surface area contributed by atoms with Crippen molar-refractivity contribution in [2.24, 2.45) is 5.16 Å². The Labute approximate surface area is 163 Å². The van der Waals surface area contributed by atoms with Crippen LogP contribution in [-0.2, 0) is 9.63 Å². The van der Waals surface area contributed by atoms with Gasteiger partial charge in [-0.15, -0.1) is 0 Å². The number of anilines is 1. The topological polar surface area (TPSA) is 54.4 Å². The number of piperazine rings is 1. The Balaban J connectivity index is 1.43. The minimum absolute atomic E-state index is 0.0688. The number of benzene rings is 2. The monoisotopic (exact) mass is 387 g/mol. The highest BCUT2D eigenvalue weighted by atomic mass is 35.5. The summed E-state index contributed by atoms with van der Waals surface area (Å²) >= 11 is 6.24. The van der Waals surface area contributed by atoms with Crippen molar-refractivity contribution in [3.63, 3.8) is 0 Å². The first-order valence-corrected chi connectivity index (χ1v) is 9.12. The molecule has 2 aromatic rings. The van der Waals surface area contributed by atoms with Crippen LogP contribution in [0.2, 0.25) is 5.02 Å². The van der Waals surface area contributed by atoms with Crippen LogP contribution in [0, 0.1) is 0 Å². The zero-order chi connectivity index (χ0) is 19.1. The molecule has 1 heterocycles. The average Bonchev–Trinajstić information content (AvgIpc) is 2.72. The van der Waals surface area contributed by atoms with Crippen LogP contribution in [0.3, 0.4) is 0 Å². The molecule has 0 aromatic heterocycles. The summed E-state index contributed by atoms with van der Waals surface area (Å²) in [6.45, 7) is 2.68. The number of nitrogens with zero attached hydrogens (tertiary/aromatic N) is 3. The van der Waals surface area contributed by atoms with Gasteiger partial charge in [0.15, 0.2) is 6.61 Å². The lowest BCUT2D eigenvalue weighted by Gasteiger charge is -2.36. The van der Waals surface area contributed by atoms with Crippen molar-refractivity contribution in [1.82, 2.24) is 4.90 Å². The number of amides is 1. The highest BCUT2D eigenvalue weighted by molar-refractivity contribution is 6.33. The van der Waals surface area contributed by atoms with Crippen molar-refractivity contribution >= 4 is 29.4 Å². The molecule has 142 valence electrons. The van der Waals surface area contributed by atoms with E-state index in [9.17, 15) is 4.79 Å². The third-order valence-corrected chi connectivity index (χ3v) is 4.73. The summed E-state index contributed by atoms with van der Waals surface area (Å²) in [7, 11) is 1.62. The molecule has 0 aliphatic carbocycles. The van der Waals surface area contributed by atoms with Gasteiger partial charge in [-0.05, 0) is 42.0 Å². The smallest absolute Gasteiger partial charge is 0.263 e. The SMILES string of the molecule is COc1ccc(/C=N\OCC(=O)N2CCN(c3ccccc3Cl)CC2)cc1. The second-order valence-electron chi connectivity index (χ2n) is 6.10. The molecule has 1 fully saturated rings. The van der Waals surface area contributed by atoms with Gasteiger partial charge in [-0.1, -0.05) is 28.9 Å². The zero-order valence-electron chi connectivity index (χ0n) is 15.2. The van der Waals surface area contributed by atoms with Crippen LogP contribution >= 0.6 is 11.6 Å². The van der Waals surface area contributed by atoms with Crippen LogP contribution in [-0.4, -0.2) is 56.9 Å². The van der Waals surface area contributed by atoms with E-state index in [0.717, 1.165) is 35.1 Å². The van der Waals surface area contributed by atoms with E-state index in [0.29, 0.717) is 13.1 Å². The summed E-state index contributed by atoms with van der Waals surface area (Å²) in [6, 6.07) is 15.2. The predicted molar refractivity (Wildman–Crippen MR) is 107 cm³/mol. The van der Waals surface area contributed by atoms with Gasteiger partial charge in [0.25, 0.3) is 5.91 Å². The fraction of sp³-hybridized carbons (Fsp3) is 0.300. The number of oxime groups is 1. The minimum atomic E-state index is -0.0707. The van der Waals surface area contributed by atoms with Crippen LogP contribution in [0.15, 0.2) is 53.7 Å². The van der Waals surface area contributed by atoms with E-state index in [4.69, 9.17) is 21.2 Å². The van der Waals surface area contributed by atoms with Crippen LogP contribution in [0.25, 0.3) is 0 Å². The van der Waals surface area contributed by atoms with Gasteiger partial charge < -0.3 is 19.4 Å². The predicted octanol–water partition coefficient (Wildman–Crippen LogP) is 3.05. The molecule has 0 radical (unpaired) electrons. The van der Waals surface area contributed by atoms with Gasteiger partial charge in [-0.2, -0.15) is 0 Å². The van der Waals surface area contributed by atoms with Gasteiger partial charge in [0, 0.05) is 26.2 Å². The first-order chi connectivity index (χ1) is 13.2. The number of halogens is 1. The maximum Gasteiger partial charge on any atom is 0.263 e. The molecule has 0 spiro atoms. The Bertz CT molecular complexity index is 787. The molecule has 6 nitrogen and oxygen atoms in total. The first kappa shape index (κ1) is 19.0. The van der Waals surface area contributed by atoms with E-state index in [1.54, 1.807) is 18.2 Å². The number of para-hydroxylation sites is 1. The summed E-state index contributed by atoms with van der Waals surface area (Å²) < 4.78 is 5.10. The van der Waals surface area contributed by atoms with E-state index in [-0.39, 0.29) is 12.5 Å². The van der Waals surface area contributed by atoms with Crippen molar-refractivity contribution in [2.75, 3.05) is 44.8 Å². The number of rotatable bonds is 6. The highest BCUT2D eigenvalue weighted by Crippen LogP contribution is 2.26. The second-order valence-corrected chi connectivity index (χ2v) is 6.51. The second kappa shape index (κ2) is 9.28. The number of carbonyl (C=O) groups is 1. The molecule has 3 rings (SSSR count). The van der Waals surface area contributed by atoms with Gasteiger partial charge in [-0.3, -0.25) is 4.79 Å². The van der Waals surface area contributed by atoms with Gasteiger partial charge in [0.2, 0.25) is 0 Å². The Morgan fingerprint density at radius 3 is 2.48 bits per heavy atom. The number of hydrogen-bond donors (Lipinski definition) is 0. The maximum atomic E-state index is 12.3. The minimum Gasteiger partial charge on any atom is -0.497 e. The number of methoxy groups -OCH3 is 1. The summed E-state index contributed by atoms with van der Waals surface area (Å²) in [5.41, 5.74) is 1.88. The fourth-order valence-electron chi connectivity index (χ4n) is 2.88. The Kier molecular flexibility index (Phi) is 6.54. The molecular weight excluding hydrogens is 366 g/mol. The normalized spacial score (nSPS) is 14.4. The molecule has 1 saturated heterocycles. The molecule has 1 amide bonds. The quantitative estimate of drug-likeness (QED) is 0.564. The molecule has 0 saturated carbocycles. The van der Waals surface area contributed by atoms with E-state index in [1.807, 2.05) is 48.5 Å². The Morgan fingerprint density at radius 2 is 1.81 bits per heavy atom. The molecule has 0 atom stereocenters. The molecule has 1 aliphatic rings.